The van der Waals surface area contributed by atoms with Crippen molar-refractivity contribution in [3.05, 3.63) is 99.0 Å². The first-order chi connectivity index (χ1) is 18.6. The normalized spacial score (nSPS) is 19.4. The summed E-state index contributed by atoms with van der Waals surface area (Å²) in [5.74, 6) is -1.11. The van der Waals surface area contributed by atoms with Crippen molar-refractivity contribution in [1.82, 2.24) is 9.58 Å². The molecular weight excluding hydrogens is 509 g/mol. The van der Waals surface area contributed by atoms with Crippen molar-refractivity contribution in [2.75, 3.05) is 24.8 Å². The number of pyridine rings is 1. The zero-order valence-electron chi connectivity index (χ0n) is 19.9. The Hall–Kier alpha value is -4.28. The third-order valence-corrected chi connectivity index (χ3v) is 8.30. The van der Waals surface area contributed by atoms with Crippen LogP contribution in [0.15, 0.2) is 71.0 Å². The molecule has 1 aliphatic carbocycles. The predicted octanol–water partition coefficient (Wildman–Crippen LogP) is 3.77. The second kappa shape index (κ2) is 8.64. The maximum atomic E-state index is 14.7. The second-order valence-electron chi connectivity index (χ2n) is 9.24. The van der Waals surface area contributed by atoms with Gasteiger partial charge in [0.2, 0.25) is 11.2 Å². The molecule has 2 aliphatic heterocycles. The summed E-state index contributed by atoms with van der Waals surface area (Å²) < 4.78 is 27.2. The summed E-state index contributed by atoms with van der Waals surface area (Å²) in [6, 6.07) is 15.5. The standard InChI is InChI=1S/C28H20FN3O5S/c29-16-5-6-18-21(13-16)20-8-12-38-27(20)19-4-2-1-3-17(19)24(18)32-23-14-36-11-10-30(23)28(35)25-26(37-15-33)22(34)7-9-31(25)32/h1-9,12-13,15,23-24H,10-11,14H2/t23-,24?/m1/s1. The third-order valence-electron chi connectivity index (χ3n) is 7.35. The Bertz CT molecular complexity index is 1680. The number of nitrogens with zero attached hydrogens (tertiary/aromatic N) is 3. The van der Waals surface area contributed by atoms with Crippen LogP contribution in [0.3, 0.4) is 0 Å². The molecule has 4 aromatic rings. The summed E-state index contributed by atoms with van der Waals surface area (Å²) in [4.78, 5) is 40.4. The Morgan fingerprint density at radius 2 is 1.87 bits per heavy atom. The van der Waals surface area contributed by atoms with Gasteiger partial charge in [0, 0.05) is 29.2 Å². The van der Waals surface area contributed by atoms with Crippen molar-refractivity contribution in [2.45, 2.75) is 12.2 Å². The monoisotopic (exact) mass is 529 g/mol. The van der Waals surface area contributed by atoms with Gasteiger partial charge in [0.25, 0.3) is 12.4 Å². The number of benzene rings is 2. The Balaban J connectivity index is 1.57. The van der Waals surface area contributed by atoms with Crippen molar-refractivity contribution < 1.29 is 23.5 Å². The van der Waals surface area contributed by atoms with Crippen molar-refractivity contribution in [3.8, 4) is 27.3 Å². The lowest BCUT2D eigenvalue weighted by Crippen LogP contribution is -2.66. The zero-order valence-corrected chi connectivity index (χ0v) is 20.7. The molecule has 2 aromatic heterocycles. The van der Waals surface area contributed by atoms with Crippen molar-refractivity contribution >= 4 is 23.7 Å². The molecule has 0 saturated carbocycles. The van der Waals surface area contributed by atoms with Crippen LogP contribution in [-0.4, -0.2) is 47.9 Å². The molecule has 7 rings (SSSR count). The summed E-state index contributed by atoms with van der Waals surface area (Å²) >= 11 is 1.58. The second-order valence-corrected chi connectivity index (χ2v) is 10.2. The average Bonchev–Trinajstić information content (AvgIpc) is 3.39. The van der Waals surface area contributed by atoms with Crippen LogP contribution in [0.5, 0.6) is 5.75 Å². The van der Waals surface area contributed by atoms with Gasteiger partial charge < -0.3 is 14.4 Å². The Kier molecular flexibility index (Phi) is 5.20. The van der Waals surface area contributed by atoms with Crippen LogP contribution in [-0.2, 0) is 9.53 Å². The van der Waals surface area contributed by atoms with E-state index in [1.54, 1.807) is 27.0 Å². The molecule has 10 heteroatoms. The first-order valence-corrected chi connectivity index (χ1v) is 13.0. The van der Waals surface area contributed by atoms with Crippen LogP contribution in [0.1, 0.15) is 27.7 Å². The van der Waals surface area contributed by atoms with Crippen molar-refractivity contribution in [1.29, 1.82) is 0 Å². The quantitative estimate of drug-likeness (QED) is 0.376. The SMILES string of the molecule is O=COc1c2n(ccc1=O)N(C1c3ccc(F)cc3-c3ccsc3-c3ccccc31)[C@@H]1COCCN1C2=O. The molecule has 1 fully saturated rings. The molecule has 0 N–H and O–H groups in total. The first-order valence-electron chi connectivity index (χ1n) is 12.1. The van der Waals surface area contributed by atoms with E-state index in [4.69, 9.17) is 9.47 Å². The Morgan fingerprint density at radius 3 is 2.74 bits per heavy atom. The van der Waals surface area contributed by atoms with Gasteiger partial charge >= 0.3 is 0 Å². The summed E-state index contributed by atoms with van der Waals surface area (Å²) in [6.07, 6.45) is 0.980. The number of carbonyl (C=O) groups excluding carboxylic acids is 2. The minimum atomic E-state index is -0.575. The number of carbonyl (C=O) groups is 2. The molecule has 2 aromatic carbocycles. The lowest BCUT2D eigenvalue weighted by molar-refractivity contribution is -0.120. The number of fused-ring (bicyclic) bond motifs is 7. The van der Waals surface area contributed by atoms with Gasteiger partial charge in [-0.2, -0.15) is 0 Å². The van der Waals surface area contributed by atoms with E-state index in [1.165, 1.54) is 24.4 Å². The topological polar surface area (TPSA) is 81.1 Å². The van der Waals surface area contributed by atoms with Gasteiger partial charge in [-0.05, 0) is 45.8 Å². The van der Waals surface area contributed by atoms with Crippen LogP contribution < -0.4 is 15.2 Å². The lowest BCUT2D eigenvalue weighted by atomic mass is 9.92. The van der Waals surface area contributed by atoms with E-state index < -0.39 is 23.5 Å². The van der Waals surface area contributed by atoms with Gasteiger partial charge in [0.15, 0.2) is 5.69 Å². The van der Waals surface area contributed by atoms with E-state index in [2.05, 4.69) is 0 Å². The van der Waals surface area contributed by atoms with E-state index in [-0.39, 0.29) is 30.3 Å². The van der Waals surface area contributed by atoms with Gasteiger partial charge in [0.05, 0.1) is 19.3 Å². The highest BCUT2D eigenvalue weighted by Gasteiger charge is 2.46. The fraction of sp³-hybridized carbons (Fsp3) is 0.179. The average molecular weight is 530 g/mol. The molecule has 38 heavy (non-hydrogen) atoms. The molecule has 1 saturated heterocycles. The van der Waals surface area contributed by atoms with Gasteiger partial charge in [-0.3, -0.25) is 24.1 Å². The molecule has 190 valence electrons. The number of rotatable bonds is 3. The molecule has 0 bridgehead atoms. The lowest BCUT2D eigenvalue weighted by Gasteiger charge is -2.51. The number of amides is 1. The van der Waals surface area contributed by atoms with E-state index in [9.17, 15) is 18.8 Å². The van der Waals surface area contributed by atoms with Crippen LogP contribution >= 0.6 is 11.3 Å². The predicted molar refractivity (Wildman–Crippen MR) is 138 cm³/mol. The van der Waals surface area contributed by atoms with Crippen LogP contribution in [0.2, 0.25) is 0 Å². The highest BCUT2D eigenvalue weighted by atomic mass is 32.1. The number of thiophene rings is 1. The Labute approximate surface area is 220 Å². The van der Waals surface area contributed by atoms with Crippen LogP contribution in [0.25, 0.3) is 21.6 Å². The maximum Gasteiger partial charge on any atom is 0.298 e. The number of hydrogen-bond acceptors (Lipinski definition) is 7. The Morgan fingerprint density at radius 1 is 1.03 bits per heavy atom. The largest absolute Gasteiger partial charge is 0.422 e. The molecule has 3 aliphatic rings. The van der Waals surface area contributed by atoms with Gasteiger partial charge in [-0.15, -0.1) is 11.3 Å². The molecule has 8 nitrogen and oxygen atoms in total. The van der Waals surface area contributed by atoms with E-state index in [0.717, 1.165) is 32.7 Å². The van der Waals surface area contributed by atoms with Gasteiger partial charge in [-0.1, -0.05) is 30.3 Å². The number of ether oxygens (including phenoxy) is 2. The molecule has 0 radical (unpaired) electrons. The number of aromatic nitrogens is 1. The highest BCUT2D eigenvalue weighted by Crippen LogP contribution is 2.50. The number of halogens is 1. The minimum Gasteiger partial charge on any atom is -0.422 e. The van der Waals surface area contributed by atoms with Crippen LogP contribution in [0, 0.1) is 5.82 Å². The van der Waals surface area contributed by atoms with E-state index in [0.29, 0.717) is 13.2 Å². The molecule has 1 amide bonds. The van der Waals surface area contributed by atoms with Crippen molar-refractivity contribution in [3.63, 3.8) is 0 Å². The third kappa shape index (κ3) is 3.20. The molecular formula is C28H20FN3O5S. The van der Waals surface area contributed by atoms with Crippen LogP contribution in [0.4, 0.5) is 4.39 Å². The first kappa shape index (κ1) is 22.9. The zero-order chi connectivity index (χ0) is 26.0. The molecule has 4 heterocycles. The molecule has 2 atom stereocenters. The van der Waals surface area contributed by atoms with Gasteiger partial charge in [-0.25, -0.2) is 4.39 Å². The highest BCUT2D eigenvalue weighted by molar-refractivity contribution is 7.14. The molecule has 0 spiro atoms. The minimum absolute atomic E-state index is 0.0390. The number of hydrogen-bond donors (Lipinski definition) is 0. The summed E-state index contributed by atoms with van der Waals surface area (Å²) in [6.45, 7) is 0.995. The van der Waals surface area contributed by atoms with E-state index >= 15 is 0 Å². The summed E-state index contributed by atoms with van der Waals surface area (Å²) in [5, 5.41) is 3.97. The maximum absolute atomic E-state index is 14.7. The summed E-state index contributed by atoms with van der Waals surface area (Å²) in [7, 11) is 0. The van der Waals surface area contributed by atoms with E-state index in [1.807, 2.05) is 40.7 Å². The summed E-state index contributed by atoms with van der Waals surface area (Å²) in [5.41, 5.74) is 3.83. The fourth-order valence-electron chi connectivity index (χ4n) is 5.81. The van der Waals surface area contributed by atoms with Gasteiger partial charge in [0.1, 0.15) is 12.0 Å². The fourth-order valence-corrected chi connectivity index (χ4v) is 6.76. The number of morpholine rings is 1. The van der Waals surface area contributed by atoms with Crippen molar-refractivity contribution in [2.24, 2.45) is 0 Å². The molecule has 1 unspecified atom stereocenters. The smallest absolute Gasteiger partial charge is 0.298 e.